The molecule has 0 spiro atoms. The van der Waals surface area contributed by atoms with Gasteiger partial charge in [0.2, 0.25) is 0 Å². The molecule has 3 rings (SSSR count). The van der Waals surface area contributed by atoms with E-state index in [4.69, 9.17) is 4.42 Å². The van der Waals surface area contributed by atoms with Crippen LogP contribution in [0.5, 0.6) is 0 Å². The Morgan fingerprint density at radius 1 is 1.22 bits per heavy atom. The highest BCUT2D eigenvalue weighted by Gasteiger charge is 2.16. The molecule has 23 heavy (non-hydrogen) atoms. The van der Waals surface area contributed by atoms with Crippen molar-refractivity contribution >= 4 is 5.91 Å². The van der Waals surface area contributed by atoms with E-state index in [2.05, 4.69) is 17.3 Å². The molecule has 118 valence electrons. The second kappa shape index (κ2) is 6.96. The van der Waals surface area contributed by atoms with E-state index in [-0.39, 0.29) is 5.91 Å². The van der Waals surface area contributed by atoms with Gasteiger partial charge in [0, 0.05) is 19.2 Å². The second-order valence-corrected chi connectivity index (χ2v) is 5.28. The predicted octanol–water partition coefficient (Wildman–Crippen LogP) is 3.48. The Morgan fingerprint density at radius 3 is 2.74 bits per heavy atom. The van der Waals surface area contributed by atoms with E-state index >= 15 is 0 Å². The third-order valence-corrected chi connectivity index (χ3v) is 3.52. The van der Waals surface area contributed by atoms with Gasteiger partial charge in [0.15, 0.2) is 11.5 Å². The standard InChI is InChI=1S/C18H19N3O2/c1-2-10-21-16(17-9-6-11-23-17)12-15(20-21)18(22)19-13-14-7-4-3-5-8-14/h3-9,11-12H,2,10,13H2,1H3,(H,19,22). The van der Waals surface area contributed by atoms with Crippen molar-refractivity contribution in [2.24, 2.45) is 0 Å². The SMILES string of the molecule is CCCn1nc(C(=O)NCc2ccccc2)cc1-c1ccco1. The molecule has 5 heteroatoms. The lowest BCUT2D eigenvalue weighted by Crippen LogP contribution is -2.23. The molecule has 0 saturated heterocycles. The molecule has 0 bridgehead atoms. The molecule has 0 aliphatic heterocycles. The normalized spacial score (nSPS) is 10.7. The second-order valence-electron chi connectivity index (χ2n) is 5.28. The number of amides is 1. The molecule has 1 amide bonds. The summed E-state index contributed by atoms with van der Waals surface area (Å²) in [4.78, 5) is 12.3. The number of benzene rings is 1. The summed E-state index contributed by atoms with van der Waals surface area (Å²) >= 11 is 0. The van der Waals surface area contributed by atoms with Gasteiger partial charge in [0.1, 0.15) is 5.69 Å². The van der Waals surface area contributed by atoms with Crippen LogP contribution in [0.3, 0.4) is 0 Å². The fourth-order valence-corrected chi connectivity index (χ4v) is 2.40. The van der Waals surface area contributed by atoms with Crippen LogP contribution in [-0.2, 0) is 13.1 Å². The van der Waals surface area contributed by atoms with Gasteiger partial charge in [-0.3, -0.25) is 9.48 Å². The van der Waals surface area contributed by atoms with Crippen LogP contribution in [0.4, 0.5) is 0 Å². The van der Waals surface area contributed by atoms with Crippen LogP contribution < -0.4 is 5.32 Å². The van der Waals surface area contributed by atoms with Gasteiger partial charge in [-0.15, -0.1) is 0 Å². The highest BCUT2D eigenvalue weighted by Crippen LogP contribution is 2.21. The van der Waals surface area contributed by atoms with E-state index in [1.807, 2.05) is 47.1 Å². The number of furan rings is 1. The molecule has 0 saturated carbocycles. The molecule has 0 fully saturated rings. The smallest absolute Gasteiger partial charge is 0.272 e. The van der Waals surface area contributed by atoms with Gasteiger partial charge in [-0.05, 0) is 24.1 Å². The van der Waals surface area contributed by atoms with Crippen molar-refractivity contribution in [2.75, 3.05) is 0 Å². The minimum atomic E-state index is -0.184. The van der Waals surface area contributed by atoms with Crippen molar-refractivity contribution in [3.63, 3.8) is 0 Å². The molecule has 2 heterocycles. The molecular weight excluding hydrogens is 290 g/mol. The van der Waals surface area contributed by atoms with Gasteiger partial charge in [0.25, 0.3) is 5.91 Å². The highest BCUT2D eigenvalue weighted by atomic mass is 16.3. The van der Waals surface area contributed by atoms with E-state index in [0.29, 0.717) is 18.0 Å². The van der Waals surface area contributed by atoms with Crippen molar-refractivity contribution in [1.29, 1.82) is 0 Å². The molecule has 0 unspecified atom stereocenters. The third-order valence-electron chi connectivity index (χ3n) is 3.52. The van der Waals surface area contributed by atoms with Crippen LogP contribution in [0.1, 0.15) is 29.4 Å². The zero-order chi connectivity index (χ0) is 16.1. The average Bonchev–Trinajstić information content (AvgIpc) is 3.23. The molecule has 3 aromatic rings. The number of hydrogen-bond acceptors (Lipinski definition) is 3. The van der Waals surface area contributed by atoms with Crippen LogP contribution >= 0.6 is 0 Å². The van der Waals surface area contributed by atoms with Gasteiger partial charge in [-0.2, -0.15) is 5.10 Å². The van der Waals surface area contributed by atoms with Gasteiger partial charge in [-0.25, -0.2) is 0 Å². The first-order valence-corrected chi connectivity index (χ1v) is 7.71. The van der Waals surface area contributed by atoms with Crippen molar-refractivity contribution in [1.82, 2.24) is 15.1 Å². The van der Waals surface area contributed by atoms with Crippen LogP contribution in [0, 0.1) is 0 Å². The summed E-state index contributed by atoms with van der Waals surface area (Å²) in [6.07, 6.45) is 2.55. The molecular formula is C18H19N3O2. The Balaban J connectivity index is 1.77. The Bertz CT molecular complexity index is 761. The van der Waals surface area contributed by atoms with Gasteiger partial charge in [-0.1, -0.05) is 37.3 Å². The molecule has 2 aromatic heterocycles. The van der Waals surface area contributed by atoms with E-state index in [0.717, 1.165) is 24.2 Å². The third kappa shape index (κ3) is 3.51. The number of rotatable bonds is 6. The average molecular weight is 309 g/mol. The lowest BCUT2D eigenvalue weighted by molar-refractivity contribution is 0.0945. The highest BCUT2D eigenvalue weighted by molar-refractivity contribution is 5.93. The first kappa shape index (κ1) is 15.1. The molecule has 0 aliphatic rings. The maximum absolute atomic E-state index is 12.3. The van der Waals surface area contributed by atoms with Crippen LogP contribution in [0.25, 0.3) is 11.5 Å². The van der Waals surface area contributed by atoms with Crippen molar-refractivity contribution in [3.8, 4) is 11.5 Å². The van der Waals surface area contributed by atoms with Gasteiger partial charge in [0.05, 0.1) is 6.26 Å². The minimum Gasteiger partial charge on any atom is -0.463 e. The summed E-state index contributed by atoms with van der Waals surface area (Å²) in [5, 5.41) is 7.31. The number of hydrogen-bond donors (Lipinski definition) is 1. The maximum Gasteiger partial charge on any atom is 0.272 e. The van der Waals surface area contributed by atoms with Crippen LogP contribution in [0.2, 0.25) is 0 Å². The first-order valence-electron chi connectivity index (χ1n) is 7.71. The number of aromatic nitrogens is 2. The summed E-state index contributed by atoms with van der Waals surface area (Å²) in [6.45, 7) is 3.29. The topological polar surface area (TPSA) is 60.1 Å². The molecule has 0 aliphatic carbocycles. The first-order chi connectivity index (χ1) is 11.3. The quantitative estimate of drug-likeness (QED) is 0.758. The Morgan fingerprint density at radius 2 is 2.04 bits per heavy atom. The zero-order valence-electron chi connectivity index (χ0n) is 13.0. The van der Waals surface area contributed by atoms with E-state index < -0.39 is 0 Å². The van der Waals surface area contributed by atoms with E-state index in [9.17, 15) is 4.79 Å². The van der Waals surface area contributed by atoms with Gasteiger partial charge >= 0.3 is 0 Å². The Hall–Kier alpha value is -2.82. The number of aryl methyl sites for hydroxylation is 1. The van der Waals surface area contributed by atoms with Crippen molar-refractivity contribution in [2.45, 2.75) is 26.4 Å². The zero-order valence-corrected chi connectivity index (χ0v) is 13.0. The number of nitrogens with zero attached hydrogens (tertiary/aromatic N) is 2. The lowest BCUT2D eigenvalue weighted by atomic mass is 10.2. The maximum atomic E-state index is 12.3. The molecule has 0 atom stereocenters. The summed E-state index contributed by atoms with van der Waals surface area (Å²) in [5.41, 5.74) is 2.28. The number of nitrogens with one attached hydrogen (secondary N) is 1. The largest absolute Gasteiger partial charge is 0.463 e. The summed E-state index contributed by atoms with van der Waals surface area (Å²) in [7, 11) is 0. The molecule has 0 radical (unpaired) electrons. The number of carbonyl (C=O) groups is 1. The minimum absolute atomic E-state index is 0.184. The summed E-state index contributed by atoms with van der Waals surface area (Å²) < 4.78 is 7.25. The lowest BCUT2D eigenvalue weighted by Gasteiger charge is -2.03. The number of carbonyl (C=O) groups excluding carboxylic acids is 1. The molecule has 5 nitrogen and oxygen atoms in total. The molecule has 1 aromatic carbocycles. The predicted molar refractivity (Wildman–Crippen MR) is 87.8 cm³/mol. The van der Waals surface area contributed by atoms with Crippen molar-refractivity contribution in [3.05, 3.63) is 66.1 Å². The fourth-order valence-electron chi connectivity index (χ4n) is 2.40. The van der Waals surface area contributed by atoms with E-state index in [1.165, 1.54) is 0 Å². The van der Waals surface area contributed by atoms with Gasteiger partial charge < -0.3 is 9.73 Å². The Labute approximate surface area is 134 Å². The van der Waals surface area contributed by atoms with Crippen LogP contribution in [0.15, 0.2) is 59.2 Å². The molecule has 1 N–H and O–H groups in total. The fraction of sp³-hybridized carbons (Fsp3) is 0.222. The summed E-state index contributed by atoms with van der Waals surface area (Å²) in [5.74, 6) is 0.532. The monoisotopic (exact) mass is 309 g/mol. The van der Waals surface area contributed by atoms with E-state index in [1.54, 1.807) is 12.3 Å². The van der Waals surface area contributed by atoms with Crippen molar-refractivity contribution < 1.29 is 9.21 Å². The Kier molecular flexibility index (Phi) is 4.57. The van der Waals surface area contributed by atoms with Crippen LogP contribution in [-0.4, -0.2) is 15.7 Å². The summed E-state index contributed by atoms with van der Waals surface area (Å²) in [6, 6.07) is 15.3.